The minimum absolute atomic E-state index is 0.0925. The van der Waals surface area contributed by atoms with Crippen LogP contribution in [0.2, 0.25) is 0 Å². The Labute approximate surface area is 80.2 Å². The van der Waals surface area contributed by atoms with Crippen LogP contribution in [0.1, 0.15) is 0 Å². The molecule has 0 bridgehead atoms. The second-order valence-corrected chi connectivity index (χ2v) is 2.63. The molecule has 1 aromatic carbocycles. The molecule has 0 amide bonds. The second kappa shape index (κ2) is 4.48. The SMILES string of the molecule is O=C(O)C(O)COc1ccccc1O. The van der Waals surface area contributed by atoms with Gasteiger partial charge in [-0.3, -0.25) is 0 Å². The zero-order valence-electron chi connectivity index (χ0n) is 7.25. The summed E-state index contributed by atoms with van der Waals surface area (Å²) in [6.07, 6.45) is -1.59. The number of carboxylic acid groups (broad SMARTS) is 1. The first-order chi connectivity index (χ1) is 6.61. The Morgan fingerprint density at radius 3 is 2.64 bits per heavy atom. The lowest BCUT2D eigenvalue weighted by Crippen LogP contribution is -2.26. The zero-order valence-corrected chi connectivity index (χ0v) is 7.25. The maximum atomic E-state index is 10.2. The Morgan fingerprint density at radius 1 is 1.43 bits per heavy atom. The van der Waals surface area contributed by atoms with Gasteiger partial charge >= 0.3 is 5.97 Å². The number of phenolic OH excluding ortho intramolecular Hbond substituents is 1. The maximum Gasteiger partial charge on any atom is 0.336 e. The quantitative estimate of drug-likeness (QED) is 0.644. The molecule has 5 heteroatoms. The van der Waals surface area contributed by atoms with Crippen molar-refractivity contribution in [1.29, 1.82) is 0 Å². The number of hydrogen-bond acceptors (Lipinski definition) is 4. The van der Waals surface area contributed by atoms with Crippen LogP contribution in [0.3, 0.4) is 0 Å². The molecule has 1 aromatic rings. The Kier molecular flexibility index (Phi) is 3.30. The van der Waals surface area contributed by atoms with E-state index in [1.54, 1.807) is 12.1 Å². The van der Waals surface area contributed by atoms with Crippen LogP contribution in [0.25, 0.3) is 0 Å². The highest BCUT2D eigenvalue weighted by molar-refractivity contribution is 5.72. The molecule has 76 valence electrons. The molecule has 0 heterocycles. The van der Waals surface area contributed by atoms with Gasteiger partial charge in [0.1, 0.15) is 6.61 Å². The minimum Gasteiger partial charge on any atom is -0.504 e. The summed E-state index contributed by atoms with van der Waals surface area (Å²) in [5.74, 6) is -1.31. The highest BCUT2D eigenvalue weighted by atomic mass is 16.5. The van der Waals surface area contributed by atoms with Crippen molar-refractivity contribution in [3.8, 4) is 11.5 Å². The summed E-state index contributed by atoms with van der Waals surface area (Å²) in [6, 6.07) is 6.12. The lowest BCUT2D eigenvalue weighted by atomic mass is 10.3. The van der Waals surface area contributed by atoms with Crippen molar-refractivity contribution < 1.29 is 24.9 Å². The lowest BCUT2D eigenvalue weighted by molar-refractivity contribution is -0.148. The molecule has 0 saturated carbocycles. The maximum absolute atomic E-state index is 10.2. The van der Waals surface area contributed by atoms with E-state index in [0.29, 0.717) is 0 Å². The molecular formula is C9H10O5. The summed E-state index contributed by atoms with van der Waals surface area (Å²) < 4.78 is 4.88. The van der Waals surface area contributed by atoms with E-state index in [-0.39, 0.29) is 11.5 Å². The summed E-state index contributed by atoms with van der Waals surface area (Å²) in [6.45, 7) is -0.396. The van der Waals surface area contributed by atoms with Crippen LogP contribution in [0, 0.1) is 0 Å². The highest BCUT2D eigenvalue weighted by Gasteiger charge is 2.14. The number of rotatable bonds is 4. The van der Waals surface area contributed by atoms with Crippen LogP contribution in [-0.2, 0) is 4.79 Å². The fourth-order valence-electron chi connectivity index (χ4n) is 0.819. The van der Waals surface area contributed by atoms with Gasteiger partial charge < -0.3 is 20.1 Å². The van der Waals surface area contributed by atoms with E-state index in [1.807, 2.05) is 0 Å². The van der Waals surface area contributed by atoms with Crippen molar-refractivity contribution in [2.45, 2.75) is 6.10 Å². The lowest BCUT2D eigenvalue weighted by Gasteiger charge is -2.09. The van der Waals surface area contributed by atoms with Gasteiger partial charge in [0.2, 0.25) is 0 Å². The zero-order chi connectivity index (χ0) is 10.6. The topological polar surface area (TPSA) is 87.0 Å². The number of aliphatic hydroxyl groups excluding tert-OH is 1. The van der Waals surface area contributed by atoms with Crippen LogP contribution in [0.5, 0.6) is 11.5 Å². The van der Waals surface area contributed by atoms with Crippen molar-refractivity contribution in [1.82, 2.24) is 0 Å². The van der Waals surface area contributed by atoms with E-state index in [2.05, 4.69) is 0 Å². The average molecular weight is 198 g/mol. The van der Waals surface area contributed by atoms with Crippen molar-refractivity contribution in [3.63, 3.8) is 0 Å². The van der Waals surface area contributed by atoms with Crippen LogP contribution in [0.4, 0.5) is 0 Å². The number of carbonyl (C=O) groups is 1. The third-order valence-corrected chi connectivity index (χ3v) is 1.55. The van der Waals surface area contributed by atoms with Gasteiger partial charge in [-0.1, -0.05) is 12.1 Å². The van der Waals surface area contributed by atoms with E-state index in [9.17, 15) is 9.90 Å². The Morgan fingerprint density at radius 2 is 2.07 bits per heavy atom. The number of carboxylic acids is 1. The Bertz CT molecular complexity index is 323. The molecule has 0 aliphatic carbocycles. The molecule has 14 heavy (non-hydrogen) atoms. The molecule has 0 fully saturated rings. The normalized spacial score (nSPS) is 12.1. The van der Waals surface area contributed by atoms with Gasteiger partial charge in [0, 0.05) is 0 Å². The predicted molar refractivity (Wildman–Crippen MR) is 47.2 cm³/mol. The molecule has 0 aliphatic rings. The molecule has 0 spiro atoms. The molecule has 1 rings (SSSR count). The van der Waals surface area contributed by atoms with Crippen molar-refractivity contribution >= 4 is 5.97 Å². The van der Waals surface area contributed by atoms with Crippen LogP contribution >= 0.6 is 0 Å². The standard InChI is InChI=1S/C9H10O5/c10-6-3-1-2-4-8(6)14-5-7(11)9(12)13/h1-4,7,10-11H,5H2,(H,12,13). The van der Waals surface area contributed by atoms with Gasteiger partial charge in [0.15, 0.2) is 17.6 Å². The highest BCUT2D eigenvalue weighted by Crippen LogP contribution is 2.24. The fourth-order valence-corrected chi connectivity index (χ4v) is 0.819. The molecular weight excluding hydrogens is 188 g/mol. The number of aliphatic carboxylic acids is 1. The van der Waals surface area contributed by atoms with E-state index >= 15 is 0 Å². The summed E-state index contributed by atoms with van der Waals surface area (Å²) in [5, 5.41) is 26.4. The minimum atomic E-state index is -1.59. The number of benzene rings is 1. The van der Waals surface area contributed by atoms with Gasteiger partial charge in [-0.25, -0.2) is 4.79 Å². The first-order valence-electron chi connectivity index (χ1n) is 3.93. The second-order valence-electron chi connectivity index (χ2n) is 2.63. The summed E-state index contributed by atoms with van der Waals surface area (Å²) in [7, 11) is 0. The summed E-state index contributed by atoms with van der Waals surface area (Å²) in [4.78, 5) is 10.2. The van der Waals surface area contributed by atoms with Crippen LogP contribution < -0.4 is 4.74 Å². The van der Waals surface area contributed by atoms with Crippen molar-refractivity contribution in [3.05, 3.63) is 24.3 Å². The number of ether oxygens (including phenoxy) is 1. The number of para-hydroxylation sites is 2. The number of phenols is 1. The molecule has 5 nitrogen and oxygen atoms in total. The van der Waals surface area contributed by atoms with E-state index in [1.165, 1.54) is 12.1 Å². The molecule has 0 saturated heterocycles. The van der Waals surface area contributed by atoms with E-state index in [4.69, 9.17) is 14.9 Å². The monoisotopic (exact) mass is 198 g/mol. The summed E-state index contributed by atoms with van der Waals surface area (Å²) >= 11 is 0. The van der Waals surface area contributed by atoms with Crippen LogP contribution in [-0.4, -0.2) is 34.0 Å². The third-order valence-electron chi connectivity index (χ3n) is 1.55. The van der Waals surface area contributed by atoms with Gasteiger partial charge in [-0.05, 0) is 12.1 Å². The van der Waals surface area contributed by atoms with Gasteiger partial charge in [-0.15, -0.1) is 0 Å². The van der Waals surface area contributed by atoms with Gasteiger partial charge in [0.25, 0.3) is 0 Å². The Balaban J connectivity index is 2.54. The number of aromatic hydroxyl groups is 1. The van der Waals surface area contributed by atoms with E-state index in [0.717, 1.165) is 0 Å². The molecule has 1 atom stereocenters. The molecule has 1 unspecified atom stereocenters. The first kappa shape index (κ1) is 10.3. The first-order valence-corrected chi connectivity index (χ1v) is 3.93. The smallest absolute Gasteiger partial charge is 0.336 e. The molecule has 0 radical (unpaired) electrons. The molecule has 0 aromatic heterocycles. The molecule has 3 N–H and O–H groups in total. The van der Waals surface area contributed by atoms with Crippen molar-refractivity contribution in [2.75, 3.05) is 6.61 Å². The average Bonchev–Trinajstić information content (AvgIpc) is 2.16. The van der Waals surface area contributed by atoms with E-state index < -0.39 is 18.7 Å². The number of hydrogen-bond donors (Lipinski definition) is 3. The van der Waals surface area contributed by atoms with Gasteiger partial charge in [0.05, 0.1) is 0 Å². The van der Waals surface area contributed by atoms with Gasteiger partial charge in [-0.2, -0.15) is 0 Å². The largest absolute Gasteiger partial charge is 0.504 e. The van der Waals surface area contributed by atoms with Crippen LogP contribution in [0.15, 0.2) is 24.3 Å². The van der Waals surface area contributed by atoms with Crippen molar-refractivity contribution in [2.24, 2.45) is 0 Å². The summed E-state index contributed by atoms with van der Waals surface area (Å²) in [5.41, 5.74) is 0. The Hall–Kier alpha value is -1.75. The molecule has 0 aliphatic heterocycles. The predicted octanol–water partition coefficient (Wildman–Crippen LogP) is 0.217. The number of aliphatic hydroxyl groups is 1. The third kappa shape index (κ3) is 2.63. The fraction of sp³-hybridized carbons (Fsp3) is 0.222.